The number of piperidine rings is 1. The quantitative estimate of drug-likeness (QED) is 0.836. The number of hydrogen-bond donors (Lipinski definition) is 1. The van der Waals surface area contributed by atoms with Gasteiger partial charge in [0.2, 0.25) is 0 Å². The summed E-state index contributed by atoms with van der Waals surface area (Å²) < 4.78 is 6.60. The van der Waals surface area contributed by atoms with Crippen molar-refractivity contribution in [1.82, 2.24) is 5.32 Å². The van der Waals surface area contributed by atoms with Gasteiger partial charge in [-0.15, -0.1) is 0 Å². The number of rotatable bonds is 4. The molecule has 0 amide bonds. The molecule has 1 aliphatic heterocycles. The molecule has 118 valence electrons. The monoisotopic (exact) mass is 305 g/mol. The van der Waals surface area contributed by atoms with Crippen molar-refractivity contribution in [3.05, 3.63) is 35.9 Å². The second-order valence-corrected chi connectivity index (χ2v) is 12.8. The van der Waals surface area contributed by atoms with E-state index >= 15 is 0 Å². The Morgan fingerprint density at radius 1 is 1.10 bits per heavy atom. The summed E-state index contributed by atoms with van der Waals surface area (Å²) in [4.78, 5) is 0. The van der Waals surface area contributed by atoms with E-state index in [-0.39, 0.29) is 10.5 Å². The Balaban J connectivity index is 2.19. The maximum absolute atomic E-state index is 6.60. The van der Waals surface area contributed by atoms with Crippen molar-refractivity contribution in [3.63, 3.8) is 0 Å². The fraction of sp³-hybridized carbons (Fsp3) is 0.667. The predicted octanol–water partition coefficient (Wildman–Crippen LogP) is 4.33. The van der Waals surface area contributed by atoms with Gasteiger partial charge in [0.15, 0.2) is 8.32 Å². The van der Waals surface area contributed by atoms with E-state index in [1.165, 1.54) is 18.4 Å². The van der Waals surface area contributed by atoms with Gasteiger partial charge in [0.05, 0.1) is 0 Å². The Bertz CT molecular complexity index is 444. The van der Waals surface area contributed by atoms with Crippen molar-refractivity contribution in [2.45, 2.75) is 57.2 Å². The van der Waals surface area contributed by atoms with E-state index in [0.717, 1.165) is 19.7 Å². The largest absolute Gasteiger partial charge is 0.416 e. The summed E-state index contributed by atoms with van der Waals surface area (Å²) in [7, 11) is -1.69. The molecule has 1 aromatic rings. The van der Waals surface area contributed by atoms with Crippen LogP contribution in [-0.4, -0.2) is 28.0 Å². The van der Waals surface area contributed by atoms with E-state index in [9.17, 15) is 0 Å². The minimum atomic E-state index is -1.69. The maximum atomic E-state index is 6.60. The zero-order valence-electron chi connectivity index (χ0n) is 14.3. The van der Waals surface area contributed by atoms with Crippen molar-refractivity contribution >= 4 is 8.32 Å². The number of benzene rings is 1. The molecule has 1 heterocycles. The molecule has 0 spiro atoms. The van der Waals surface area contributed by atoms with E-state index < -0.39 is 8.32 Å². The lowest BCUT2D eigenvalue weighted by atomic mass is 9.74. The Labute approximate surface area is 131 Å². The van der Waals surface area contributed by atoms with Crippen LogP contribution in [0.5, 0.6) is 0 Å². The third-order valence-corrected chi connectivity index (χ3v) is 9.94. The molecule has 0 atom stereocenters. The minimum absolute atomic E-state index is 0.196. The van der Waals surface area contributed by atoms with Crippen LogP contribution in [-0.2, 0) is 9.84 Å². The summed E-state index contributed by atoms with van der Waals surface area (Å²) in [5, 5.41) is 3.77. The Morgan fingerprint density at radius 3 is 2.19 bits per heavy atom. The molecule has 2 rings (SSSR count). The van der Waals surface area contributed by atoms with Crippen molar-refractivity contribution < 1.29 is 4.43 Å². The first kappa shape index (κ1) is 16.7. The predicted molar refractivity (Wildman–Crippen MR) is 93.4 cm³/mol. The van der Waals surface area contributed by atoms with Crippen LogP contribution >= 0.6 is 0 Å². The molecule has 1 saturated heterocycles. The smallest absolute Gasteiger partial charge is 0.192 e. The standard InChI is InChI=1S/C18H31NOSi/c1-17(2,3)21(4,5)20-15-18(11-13-19-14-12-18)16-9-7-6-8-10-16/h6-10,19H,11-15H2,1-5H3. The molecule has 1 aliphatic rings. The van der Waals surface area contributed by atoms with E-state index in [0.29, 0.717) is 0 Å². The highest BCUT2D eigenvalue weighted by atomic mass is 28.4. The van der Waals surface area contributed by atoms with Gasteiger partial charge in [0.25, 0.3) is 0 Å². The van der Waals surface area contributed by atoms with Crippen LogP contribution in [0, 0.1) is 0 Å². The van der Waals surface area contributed by atoms with Gasteiger partial charge in [-0.05, 0) is 49.6 Å². The van der Waals surface area contributed by atoms with Gasteiger partial charge < -0.3 is 9.74 Å². The van der Waals surface area contributed by atoms with Gasteiger partial charge in [-0.3, -0.25) is 0 Å². The van der Waals surface area contributed by atoms with Gasteiger partial charge >= 0.3 is 0 Å². The summed E-state index contributed by atoms with van der Waals surface area (Å²) in [6.45, 7) is 14.7. The highest BCUT2D eigenvalue weighted by Crippen LogP contribution is 2.40. The second kappa shape index (κ2) is 6.23. The normalized spacial score (nSPS) is 19.5. The highest BCUT2D eigenvalue weighted by Gasteiger charge is 2.41. The minimum Gasteiger partial charge on any atom is -0.416 e. The topological polar surface area (TPSA) is 21.3 Å². The Kier molecular flexibility index (Phi) is 4.96. The first-order valence-corrected chi connectivity index (χ1v) is 11.1. The van der Waals surface area contributed by atoms with E-state index in [2.05, 4.69) is 69.5 Å². The van der Waals surface area contributed by atoms with Crippen molar-refractivity contribution in [3.8, 4) is 0 Å². The molecule has 3 heteroatoms. The highest BCUT2D eigenvalue weighted by molar-refractivity contribution is 6.74. The van der Waals surface area contributed by atoms with Crippen LogP contribution in [0.15, 0.2) is 30.3 Å². The maximum Gasteiger partial charge on any atom is 0.192 e. The van der Waals surface area contributed by atoms with Crippen molar-refractivity contribution in [2.24, 2.45) is 0 Å². The molecular formula is C18H31NOSi. The van der Waals surface area contributed by atoms with E-state index in [4.69, 9.17) is 4.43 Å². The zero-order valence-corrected chi connectivity index (χ0v) is 15.3. The van der Waals surface area contributed by atoms with Crippen LogP contribution in [0.4, 0.5) is 0 Å². The molecule has 0 radical (unpaired) electrons. The summed E-state index contributed by atoms with van der Waals surface area (Å²) in [6, 6.07) is 11.0. The number of hydrogen-bond acceptors (Lipinski definition) is 2. The van der Waals surface area contributed by atoms with Crippen LogP contribution in [0.1, 0.15) is 39.2 Å². The third kappa shape index (κ3) is 3.76. The molecule has 0 bridgehead atoms. The molecule has 0 aromatic heterocycles. The molecule has 2 nitrogen and oxygen atoms in total. The lowest BCUT2D eigenvalue weighted by molar-refractivity contribution is 0.163. The van der Waals surface area contributed by atoms with E-state index in [1.54, 1.807) is 0 Å². The van der Waals surface area contributed by atoms with Crippen LogP contribution in [0.25, 0.3) is 0 Å². The fourth-order valence-electron chi connectivity index (χ4n) is 2.75. The molecule has 21 heavy (non-hydrogen) atoms. The second-order valence-electron chi connectivity index (χ2n) is 7.95. The summed E-state index contributed by atoms with van der Waals surface area (Å²) in [5.74, 6) is 0. The molecule has 1 fully saturated rings. The average Bonchev–Trinajstić information content (AvgIpc) is 2.46. The summed E-state index contributed by atoms with van der Waals surface area (Å²) in [5.41, 5.74) is 1.65. The summed E-state index contributed by atoms with van der Waals surface area (Å²) in [6.07, 6.45) is 2.34. The SMILES string of the molecule is CC(C)(C)[Si](C)(C)OCC1(c2ccccc2)CCNCC1. The zero-order chi connectivity index (χ0) is 15.6. The molecule has 1 N–H and O–H groups in total. The van der Waals surface area contributed by atoms with Gasteiger partial charge in [0.1, 0.15) is 0 Å². The van der Waals surface area contributed by atoms with Gasteiger partial charge in [-0.2, -0.15) is 0 Å². The Morgan fingerprint density at radius 2 is 1.67 bits per heavy atom. The first-order chi connectivity index (χ1) is 9.77. The van der Waals surface area contributed by atoms with Crippen molar-refractivity contribution in [2.75, 3.05) is 19.7 Å². The molecule has 0 unspecified atom stereocenters. The molecular weight excluding hydrogens is 274 g/mol. The lowest BCUT2D eigenvalue weighted by Crippen LogP contribution is -2.48. The van der Waals surface area contributed by atoms with Crippen LogP contribution in [0.3, 0.4) is 0 Å². The van der Waals surface area contributed by atoms with Gasteiger partial charge in [0, 0.05) is 12.0 Å². The molecule has 0 aliphatic carbocycles. The van der Waals surface area contributed by atoms with Crippen LogP contribution < -0.4 is 5.32 Å². The van der Waals surface area contributed by atoms with Crippen molar-refractivity contribution in [1.29, 1.82) is 0 Å². The average molecular weight is 306 g/mol. The first-order valence-electron chi connectivity index (χ1n) is 8.17. The Hall–Kier alpha value is -0.643. The number of nitrogens with one attached hydrogen (secondary N) is 1. The fourth-order valence-corrected chi connectivity index (χ4v) is 3.82. The third-order valence-electron chi connectivity index (χ3n) is 5.46. The lowest BCUT2D eigenvalue weighted by Gasteiger charge is -2.43. The van der Waals surface area contributed by atoms with E-state index in [1.807, 2.05) is 0 Å². The van der Waals surface area contributed by atoms with Crippen LogP contribution in [0.2, 0.25) is 18.1 Å². The van der Waals surface area contributed by atoms with Gasteiger partial charge in [-0.1, -0.05) is 51.1 Å². The molecule has 1 aromatic carbocycles. The molecule has 0 saturated carbocycles. The van der Waals surface area contributed by atoms with Gasteiger partial charge in [-0.25, -0.2) is 0 Å². The summed E-state index contributed by atoms with van der Waals surface area (Å²) >= 11 is 0.